The molecule has 0 saturated carbocycles. The first kappa shape index (κ1) is 23.3. The number of aryl methyl sites for hydroxylation is 2. The molecule has 24 heavy (non-hydrogen) atoms. The van der Waals surface area contributed by atoms with Gasteiger partial charge in [-0.1, -0.05) is 25.2 Å². The Hall–Kier alpha value is -0.660. The van der Waals surface area contributed by atoms with Crippen LogP contribution in [0.3, 0.4) is 0 Å². The van der Waals surface area contributed by atoms with Crippen LogP contribution in [0.25, 0.3) is 16.1 Å². The third-order valence-electron chi connectivity index (χ3n) is 3.69. The first-order chi connectivity index (χ1) is 10.2. The molecule has 3 aromatic carbocycles. The Morgan fingerprint density at radius 2 is 1.79 bits per heavy atom. The van der Waals surface area contributed by atoms with E-state index >= 15 is 0 Å². The van der Waals surface area contributed by atoms with Gasteiger partial charge in [-0.2, -0.15) is 23.3 Å². The minimum absolute atomic E-state index is 0. The molecule has 1 aromatic heterocycles. The molecule has 1 unspecified atom stereocenters. The van der Waals surface area contributed by atoms with Crippen LogP contribution >= 0.6 is 7.69 Å². The van der Waals surface area contributed by atoms with Crippen molar-refractivity contribution in [3.8, 4) is 5.30 Å². The monoisotopic (exact) mass is 541 g/mol. The molecule has 0 bridgehead atoms. The maximum Gasteiger partial charge on any atom is 4.00 e. The first-order valence-corrected chi connectivity index (χ1v) is 8.45. The van der Waals surface area contributed by atoms with Crippen LogP contribution in [-0.2, 0) is 25.8 Å². The van der Waals surface area contributed by atoms with Crippen molar-refractivity contribution in [2.75, 3.05) is 0 Å². The molecule has 1 nitrogen and oxygen atoms in total. The minimum atomic E-state index is -0.398. The van der Waals surface area contributed by atoms with Gasteiger partial charge in [-0.25, -0.2) is 16.9 Å². The van der Waals surface area contributed by atoms with Crippen molar-refractivity contribution in [2.24, 2.45) is 0 Å². The van der Waals surface area contributed by atoms with Crippen LogP contribution < -0.4 is 24.8 Å². The maximum absolute atomic E-state index is 4.43. The number of benzene rings is 1. The normalized spacial score (nSPS) is 9.83. The summed E-state index contributed by atoms with van der Waals surface area (Å²) in [7, 11) is -0.398. The minimum Gasteiger partial charge on any atom is -1.00 e. The summed E-state index contributed by atoms with van der Waals surface area (Å²) in [5.74, 6) is 2.18. The van der Waals surface area contributed by atoms with Crippen LogP contribution in [0.4, 0.5) is 0 Å². The fourth-order valence-electron chi connectivity index (χ4n) is 2.29. The molecule has 0 aliphatic heterocycles. The van der Waals surface area contributed by atoms with Crippen LogP contribution in [-0.4, -0.2) is 4.75 Å². The van der Waals surface area contributed by atoms with Gasteiger partial charge in [0.2, 0.25) is 0 Å². The number of nitrogens with zero attached hydrogens (tertiary/aromatic N) is 1. The fourth-order valence-corrected chi connectivity index (χ4v) is 3.67. The molecule has 5 heteroatoms. The zero-order valence-electron chi connectivity index (χ0n) is 13.6. The smallest absolute Gasteiger partial charge is 1.00 e. The van der Waals surface area contributed by atoms with E-state index in [-0.39, 0.29) is 50.7 Å². The molecule has 122 valence electrons. The summed E-state index contributed by atoms with van der Waals surface area (Å²) in [5, 5.41) is 3.99. The number of hydrogen-bond acceptors (Lipinski definition) is 1. The zero-order chi connectivity index (χ0) is 14.7. The summed E-state index contributed by atoms with van der Waals surface area (Å²) in [4.78, 5) is 0. The second kappa shape index (κ2) is 11.1. The van der Waals surface area contributed by atoms with E-state index < -0.39 is 7.69 Å². The standard InChI is InChI=1S/C12H9NP.C7H9.2ClH.Hf/c1-2-5-11-9-12(8-10(11)4-1)14-7-3-6-13-14;1-6-4-3-5-7(6)2;;;/h1-9H;3-5H,1-2H3;2*1H;/q2*-1;;;+4/p-2. The van der Waals surface area contributed by atoms with Gasteiger partial charge in [-0.3, -0.25) is 0 Å². The summed E-state index contributed by atoms with van der Waals surface area (Å²) in [6.45, 7) is 4.24. The molecule has 0 fully saturated rings. The predicted octanol–water partition coefficient (Wildman–Crippen LogP) is -0.0427. The van der Waals surface area contributed by atoms with E-state index in [2.05, 4.69) is 79.0 Å². The second-order valence-electron chi connectivity index (χ2n) is 5.18. The first-order valence-electron chi connectivity index (χ1n) is 7.08. The van der Waals surface area contributed by atoms with E-state index in [1.165, 1.54) is 27.2 Å². The molecule has 4 rings (SSSR count). The number of aromatic nitrogens is 1. The Kier molecular flexibility index (Phi) is 10.7. The summed E-state index contributed by atoms with van der Waals surface area (Å²) in [6.07, 6.45) is 1.89. The third-order valence-corrected chi connectivity index (χ3v) is 5.31. The molecule has 0 aliphatic rings. The van der Waals surface area contributed by atoms with Crippen LogP contribution in [0, 0.1) is 13.8 Å². The molecule has 0 radical (unpaired) electrons. The maximum atomic E-state index is 4.43. The van der Waals surface area contributed by atoms with Gasteiger partial charge >= 0.3 is 25.8 Å². The van der Waals surface area contributed by atoms with Crippen molar-refractivity contribution in [1.29, 1.82) is 0 Å². The average Bonchev–Trinajstić information content (AvgIpc) is 3.21. The Morgan fingerprint density at radius 1 is 1.04 bits per heavy atom. The van der Waals surface area contributed by atoms with Crippen LogP contribution in [0.1, 0.15) is 11.1 Å². The molecule has 1 heterocycles. The van der Waals surface area contributed by atoms with Crippen molar-refractivity contribution in [3.05, 3.63) is 83.8 Å². The van der Waals surface area contributed by atoms with E-state index in [1.807, 2.05) is 12.3 Å². The summed E-state index contributed by atoms with van der Waals surface area (Å²) in [5.41, 5.74) is 2.78. The van der Waals surface area contributed by atoms with E-state index in [1.54, 1.807) is 0 Å². The molecule has 4 aromatic rings. The van der Waals surface area contributed by atoms with Crippen LogP contribution in [0.5, 0.6) is 0 Å². The van der Waals surface area contributed by atoms with Gasteiger partial charge in [0.15, 0.2) is 0 Å². The van der Waals surface area contributed by atoms with Gasteiger partial charge in [0.1, 0.15) is 0 Å². The third kappa shape index (κ3) is 5.70. The molecule has 0 N–H and O–H groups in total. The summed E-state index contributed by atoms with van der Waals surface area (Å²) in [6, 6.07) is 21.3. The van der Waals surface area contributed by atoms with Crippen LogP contribution in [0.2, 0.25) is 0 Å². The molecular formula is C19H18Cl2HfNP. The van der Waals surface area contributed by atoms with Gasteiger partial charge in [-0.15, -0.1) is 35.0 Å². The quantitative estimate of drug-likeness (QED) is 0.244. The van der Waals surface area contributed by atoms with Gasteiger partial charge < -0.3 is 24.8 Å². The van der Waals surface area contributed by atoms with Crippen molar-refractivity contribution in [3.63, 3.8) is 0 Å². The predicted molar refractivity (Wildman–Crippen MR) is 92.9 cm³/mol. The van der Waals surface area contributed by atoms with Gasteiger partial charge in [0.05, 0.1) is 0 Å². The Morgan fingerprint density at radius 3 is 2.29 bits per heavy atom. The largest absolute Gasteiger partial charge is 4.00 e. The number of rotatable bonds is 1. The van der Waals surface area contributed by atoms with Crippen molar-refractivity contribution in [2.45, 2.75) is 13.8 Å². The molecule has 0 aliphatic carbocycles. The fraction of sp³-hybridized carbons (Fsp3) is 0.105. The van der Waals surface area contributed by atoms with E-state index in [0.717, 1.165) is 0 Å². The number of halogens is 2. The Bertz CT molecular complexity index is 784. The average molecular weight is 541 g/mol. The number of hydrogen-bond donors (Lipinski definition) is 0. The van der Waals surface area contributed by atoms with Crippen molar-refractivity contribution >= 4 is 18.5 Å². The van der Waals surface area contributed by atoms with Crippen molar-refractivity contribution < 1.29 is 50.7 Å². The van der Waals surface area contributed by atoms with Crippen LogP contribution in [0.15, 0.2) is 72.7 Å². The van der Waals surface area contributed by atoms with E-state index in [9.17, 15) is 0 Å². The SMILES string of the molecule is Cc1ccc[c-]1C.[Cl-].[Cl-].[Hf+4].c1ccc2[cH-]c(-p3cccn3)cc2c1. The van der Waals surface area contributed by atoms with Gasteiger partial charge in [-0.05, 0) is 19.6 Å². The van der Waals surface area contributed by atoms with E-state index in [0.29, 0.717) is 0 Å². The van der Waals surface area contributed by atoms with E-state index in [4.69, 9.17) is 0 Å². The Labute approximate surface area is 176 Å². The summed E-state index contributed by atoms with van der Waals surface area (Å²) >= 11 is 0. The number of fused-ring (bicyclic) bond motifs is 1. The topological polar surface area (TPSA) is 12.9 Å². The Balaban J connectivity index is 0.000000463. The van der Waals surface area contributed by atoms with Gasteiger partial charge in [0, 0.05) is 6.20 Å². The second-order valence-corrected chi connectivity index (χ2v) is 6.92. The zero-order valence-corrected chi connectivity index (χ0v) is 19.6. The van der Waals surface area contributed by atoms with Crippen molar-refractivity contribution in [1.82, 2.24) is 4.75 Å². The molecule has 0 spiro atoms. The molecule has 0 saturated heterocycles. The molecule has 0 amide bonds. The summed E-state index contributed by atoms with van der Waals surface area (Å²) < 4.78 is 4.43. The van der Waals surface area contributed by atoms with Gasteiger partial charge in [0.25, 0.3) is 0 Å². The molecular weight excluding hydrogens is 523 g/mol. The molecule has 1 atom stereocenters.